The number of rotatable bonds is 2. The SMILES string of the molecule is O=C(O)N[C@H]1CC[C@H](N2CCCC2)CC1. The lowest BCUT2D eigenvalue weighted by molar-refractivity contribution is 0.160. The monoisotopic (exact) mass is 212 g/mol. The minimum absolute atomic E-state index is 0.196. The van der Waals surface area contributed by atoms with Crippen LogP contribution in [0.5, 0.6) is 0 Å². The normalized spacial score (nSPS) is 32.8. The van der Waals surface area contributed by atoms with Crippen LogP contribution in [0, 0.1) is 0 Å². The highest BCUT2D eigenvalue weighted by molar-refractivity contribution is 5.64. The molecular formula is C11H20N2O2. The lowest BCUT2D eigenvalue weighted by atomic mass is 9.90. The van der Waals surface area contributed by atoms with Gasteiger partial charge in [-0.2, -0.15) is 0 Å². The van der Waals surface area contributed by atoms with Crippen LogP contribution in [0.15, 0.2) is 0 Å². The molecule has 4 nitrogen and oxygen atoms in total. The van der Waals surface area contributed by atoms with E-state index in [9.17, 15) is 4.79 Å². The average molecular weight is 212 g/mol. The van der Waals surface area contributed by atoms with Crippen molar-refractivity contribution in [3.05, 3.63) is 0 Å². The molecular weight excluding hydrogens is 192 g/mol. The molecule has 0 unspecified atom stereocenters. The highest BCUT2D eigenvalue weighted by Crippen LogP contribution is 2.25. The van der Waals surface area contributed by atoms with Crippen molar-refractivity contribution in [2.45, 2.75) is 50.6 Å². The predicted molar refractivity (Wildman–Crippen MR) is 58.0 cm³/mol. The molecule has 0 aromatic carbocycles. The summed E-state index contributed by atoms with van der Waals surface area (Å²) in [7, 11) is 0. The minimum Gasteiger partial charge on any atom is -0.465 e. The van der Waals surface area contributed by atoms with Gasteiger partial charge in [0.05, 0.1) is 0 Å². The molecule has 1 amide bonds. The van der Waals surface area contributed by atoms with Crippen molar-refractivity contribution < 1.29 is 9.90 Å². The average Bonchev–Trinajstić information content (AvgIpc) is 2.71. The molecule has 1 saturated heterocycles. The molecule has 1 saturated carbocycles. The Labute approximate surface area is 90.6 Å². The molecule has 2 N–H and O–H groups in total. The minimum atomic E-state index is -0.875. The summed E-state index contributed by atoms with van der Waals surface area (Å²) in [5.41, 5.74) is 0. The summed E-state index contributed by atoms with van der Waals surface area (Å²) in [5.74, 6) is 0. The van der Waals surface area contributed by atoms with E-state index in [4.69, 9.17) is 5.11 Å². The van der Waals surface area contributed by atoms with Crippen LogP contribution in [0.2, 0.25) is 0 Å². The standard InChI is InChI=1S/C11H20N2O2/c14-11(15)12-9-3-5-10(6-4-9)13-7-1-2-8-13/h9-10,12H,1-8H2,(H,14,15)/t9-,10-. The molecule has 0 spiro atoms. The maximum Gasteiger partial charge on any atom is 0.404 e. The van der Waals surface area contributed by atoms with E-state index >= 15 is 0 Å². The van der Waals surface area contributed by atoms with Gasteiger partial charge in [0.25, 0.3) is 0 Å². The maximum atomic E-state index is 10.5. The number of nitrogens with zero attached hydrogens (tertiary/aromatic N) is 1. The summed E-state index contributed by atoms with van der Waals surface area (Å²) in [6, 6.07) is 0.917. The van der Waals surface area contributed by atoms with Gasteiger partial charge in [-0.15, -0.1) is 0 Å². The fraction of sp³-hybridized carbons (Fsp3) is 0.909. The lowest BCUT2D eigenvalue weighted by Gasteiger charge is -2.34. The molecule has 0 aromatic rings. The van der Waals surface area contributed by atoms with E-state index in [1.165, 1.54) is 25.9 Å². The van der Waals surface area contributed by atoms with Gasteiger partial charge in [0, 0.05) is 12.1 Å². The number of nitrogens with one attached hydrogen (secondary N) is 1. The van der Waals surface area contributed by atoms with Crippen LogP contribution in [0.3, 0.4) is 0 Å². The highest BCUT2D eigenvalue weighted by Gasteiger charge is 2.27. The zero-order valence-corrected chi connectivity index (χ0v) is 9.11. The summed E-state index contributed by atoms with van der Waals surface area (Å²) < 4.78 is 0. The number of hydrogen-bond donors (Lipinski definition) is 2. The molecule has 86 valence electrons. The quantitative estimate of drug-likeness (QED) is 0.732. The van der Waals surface area contributed by atoms with Gasteiger partial charge in [-0.1, -0.05) is 0 Å². The third-order valence-electron chi connectivity index (χ3n) is 3.68. The number of amides is 1. The second kappa shape index (κ2) is 4.84. The molecule has 2 fully saturated rings. The van der Waals surface area contributed by atoms with Crippen LogP contribution in [-0.2, 0) is 0 Å². The second-order valence-corrected chi connectivity index (χ2v) is 4.70. The first kappa shape index (κ1) is 10.7. The molecule has 1 heterocycles. The Morgan fingerprint density at radius 3 is 2.27 bits per heavy atom. The first-order valence-corrected chi connectivity index (χ1v) is 5.99. The molecule has 0 radical (unpaired) electrons. The van der Waals surface area contributed by atoms with Crippen molar-refractivity contribution in [1.29, 1.82) is 0 Å². The maximum absolute atomic E-state index is 10.5. The fourth-order valence-corrected chi connectivity index (χ4v) is 2.87. The van der Waals surface area contributed by atoms with Crippen LogP contribution < -0.4 is 5.32 Å². The van der Waals surface area contributed by atoms with Gasteiger partial charge in [-0.25, -0.2) is 4.79 Å². The third kappa shape index (κ3) is 2.84. The Hall–Kier alpha value is -0.770. The summed E-state index contributed by atoms with van der Waals surface area (Å²) >= 11 is 0. The molecule has 1 aliphatic heterocycles. The van der Waals surface area contributed by atoms with Crippen LogP contribution in [-0.4, -0.2) is 41.3 Å². The van der Waals surface area contributed by atoms with Crippen LogP contribution in [0.25, 0.3) is 0 Å². The van der Waals surface area contributed by atoms with Crippen molar-refractivity contribution >= 4 is 6.09 Å². The van der Waals surface area contributed by atoms with Gasteiger partial charge < -0.3 is 15.3 Å². The summed E-state index contributed by atoms with van der Waals surface area (Å²) in [4.78, 5) is 13.1. The van der Waals surface area contributed by atoms with Gasteiger partial charge in [0.15, 0.2) is 0 Å². The van der Waals surface area contributed by atoms with Crippen LogP contribution >= 0.6 is 0 Å². The lowest BCUT2D eigenvalue weighted by Crippen LogP contribution is -2.42. The Kier molecular flexibility index (Phi) is 3.46. The second-order valence-electron chi connectivity index (χ2n) is 4.70. The third-order valence-corrected chi connectivity index (χ3v) is 3.68. The largest absolute Gasteiger partial charge is 0.465 e. The number of likely N-dealkylation sites (tertiary alicyclic amines) is 1. The van der Waals surface area contributed by atoms with E-state index in [2.05, 4.69) is 10.2 Å². The van der Waals surface area contributed by atoms with Crippen LogP contribution in [0.4, 0.5) is 4.79 Å². The predicted octanol–water partition coefficient (Wildman–Crippen LogP) is 1.66. The van der Waals surface area contributed by atoms with Gasteiger partial charge in [0.1, 0.15) is 0 Å². The molecule has 0 atom stereocenters. The molecule has 2 rings (SSSR count). The van der Waals surface area contributed by atoms with Gasteiger partial charge >= 0.3 is 6.09 Å². The Morgan fingerprint density at radius 1 is 1.13 bits per heavy atom. The summed E-state index contributed by atoms with van der Waals surface area (Å²) in [6.45, 7) is 2.50. The molecule has 1 aliphatic carbocycles. The molecule has 0 bridgehead atoms. The summed E-state index contributed by atoms with van der Waals surface area (Å²) in [6.07, 6.45) is 6.14. The topological polar surface area (TPSA) is 52.6 Å². The summed E-state index contributed by atoms with van der Waals surface area (Å²) in [5, 5.41) is 11.2. The van der Waals surface area contributed by atoms with E-state index in [0.29, 0.717) is 0 Å². The Balaban J connectivity index is 1.73. The fourth-order valence-electron chi connectivity index (χ4n) is 2.87. The van der Waals surface area contributed by atoms with E-state index in [1.807, 2.05) is 0 Å². The van der Waals surface area contributed by atoms with E-state index in [-0.39, 0.29) is 6.04 Å². The molecule has 2 aliphatic rings. The van der Waals surface area contributed by atoms with Crippen molar-refractivity contribution in [2.24, 2.45) is 0 Å². The van der Waals surface area contributed by atoms with Crippen LogP contribution in [0.1, 0.15) is 38.5 Å². The molecule has 0 aromatic heterocycles. The molecule has 15 heavy (non-hydrogen) atoms. The molecule has 4 heteroatoms. The first-order valence-electron chi connectivity index (χ1n) is 5.99. The van der Waals surface area contributed by atoms with E-state index in [1.54, 1.807) is 0 Å². The number of carbonyl (C=O) groups is 1. The van der Waals surface area contributed by atoms with Gasteiger partial charge in [0.2, 0.25) is 0 Å². The van der Waals surface area contributed by atoms with Crippen molar-refractivity contribution in [2.75, 3.05) is 13.1 Å². The van der Waals surface area contributed by atoms with Gasteiger partial charge in [-0.3, -0.25) is 0 Å². The van der Waals surface area contributed by atoms with Crippen molar-refractivity contribution in [3.8, 4) is 0 Å². The highest BCUT2D eigenvalue weighted by atomic mass is 16.4. The zero-order valence-electron chi connectivity index (χ0n) is 9.11. The van der Waals surface area contributed by atoms with E-state index in [0.717, 1.165) is 31.7 Å². The Bertz CT molecular complexity index is 219. The number of carboxylic acid groups (broad SMARTS) is 1. The van der Waals surface area contributed by atoms with Crippen molar-refractivity contribution in [3.63, 3.8) is 0 Å². The number of hydrogen-bond acceptors (Lipinski definition) is 2. The first-order chi connectivity index (χ1) is 7.25. The van der Waals surface area contributed by atoms with Gasteiger partial charge in [-0.05, 0) is 51.6 Å². The van der Waals surface area contributed by atoms with Crippen molar-refractivity contribution in [1.82, 2.24) is 10.2 Å². The smallest absolute Gasteiger partial charge is 0.404 e. The van der Waals surface area contributed by atoms with E-state index < -0.39 is 6.09 Å². The zero-order chi connectivity index (χ0) is 10.7. The Morgan fingerprint density at radius 2 is 1.73 bits per heavy atom.